The Morgan fingerprint density at radius 3 is 0.804 bits per heavy atom. The Balaban J connectivity index is 0.000000171. The van der Waals surface area contributed by atoms with Crippen LogP contribution in [0.5, 0.6) is 0 Å². The van der Waals surface area contributed by atoms with E-state index in [1.165, 1.54) is 127 Å². The lowest BCUT2D eigenvalue weighted by atomic mass is 10.1. The molecule has 0 atom stereocenters. The van der Waals surface area contributed by atoms with Crippen molar-refractivity contribution in [2.45, 2.75) is 6.42 Å². The van der Waals surface area contributed by atoms with Crippen molar-refractivity contribution in [1.82, 2.24) is 0 Å². The highest BCUT2D eigenvalue weighted by Gasteiger charge is 2.23. The molecular weight excluding hydrogens is 1450 g/mol. The number of aromatic carboxylic acids is 4. The minimum absolute atomic E-state index is 0.0126. The number of anilines is 8. The van der Waals surface area contributed by atoms with E-state index in [-0.39, 0.29) is 113 Å². The molecule has 0 fully saturated rings. The number of carboxylic acid groups (broad SMARTS) is 4. The van der Waals surface area contributed by atoms with Gasteiger partial charge in [0.2, 0.25) is 5.91 Å². The highest BCUT2D eigenvalue weighted by Crippen LogP contribution is 2.27. The number of halogens is 3. The van der Waals surface area contributed by atoms with Crippen LogP contribution in [0.1, 0.15) is 120 Å². The molecule has 0 aromatic heterocycles. The molecule has 0 radical (unpaired) electrons. The third kappa shape index (κ3) is 22.3. The molecule has 0 spiro atoms. The average Bonchev–Trinajstić information content (AvgIpc) is 0.835. The quantitative estimate of drug-likeness (QED) is 0.0318. The molecule has 0 heterocycles. The zero-order valence-corrected chi connectivity index (χ0v) is 58.3. The minimum atomic E-state index is -1.18. The third-order valence-corrected chi connectivity index (χ3v) is 15.8. The zero-order valence-electron chi connectivity index (χ0n) is 58.3. The average molecular weight is 1510 g/mol. The van der Waals surface area contributed by atoms with Crippen molar-refractivity contribution < 1.29 is 91.1 Å². The van der Waals surface area contributed by atoms with E-state index in [0.29, 0.717) is 5.69 Å². The Labute approximate surface area is 635 Å². The fourth-order valence-electron chi connectivity index (χ4n) is 10.5. The van der Waals surface area contributed by atoms with E-state index in [4.69, 9.17) is 0 Å². The first-order valence-electron chi connectivity index (χ1n) is 33.4. The summed E-state index contributed by atoms with van der Waals surface area (Å²) in [5, 5.41) is 57.6. The largest absolute Gasteiger partial charge is 0.478 e. The van der Waals surface area contributed by atoms with Gasteiger partial charge >= 0.3 is 23.9 Å². The lowest BCUT2D eigenvalue weighted by molar-refractivity contribution is -0.115. The van der Waals surface area contributed by atoms with Crippen molar-refractivity contribution in [3.05, 3.63) is 381 Å². The summed E-state index contributed by atoms with van der Waals surface area (Å²) in [6.07, 6.45) is 0.179. The van der Waals surface area contributed by atoms with Crippen LogP contribution in [0.15, 0.2) is 297 Å². The van der Waals surface area contributed by atoms with E-state index >= 15 is 0 Å². The number of rotatable bonds is 21. The van der Waals surface area contributed by atoms with Gasteiger partial charge in [0, 0.05) is 11.1 Å². The Kier molecular flexibility index (Phi) is 27.8. The summed E-state index contributed by atoms with van der Waals surface area (Å²) in [5.74, 6) is -10.7. The second-order valence-electron chi connectivity index (χ2n) is 23.5. The SMILES string of the molecule is O=C(Cc1ccccc1)Nc1ccccc1C(=O)Nc1ccccc1C(=O)O.O=C(Nc1ccccc1C(=O)Nc1ccccc1C(=O)O)c1ccc(F)cc1.O=C(Nc1ccccc1C(=O)Nc1ccccc1C(=O)O)c1cccc(F)c1.O=C(Nc1ccccc1C(=O)Nc1ccccc1C(=O)O)c1ccccc1F. The van der Waals surface area contributed by atoms with Gasteiger partial charge in [-0.05, 0) is 157 Å². The predicted octanol–water partition coefficient (Wildman–Crippen LogP) is 15.9. The second-order valence-corrected chi connectivity index (χ2v) is 23.5. The van der Waals surface area contributed by atoms with Crippen molar-refractivity contribution in [2.24, 2.45) is 0 Å². The third-order valence-electron chi connectivity index (χ3n) is 15.8. The highest BCUT2D eigenvalue weighted by molar-refractivity contribution is 6.17. The van der Waals surface area contributed by atoms with E-state index < -0.39 is 82.7 Å². The van der Waals surface area contributed by atoms with Crippen molar-refractivity contribution in [3.8, 4) is 0 Å². The molecule has 27 heteroatoms. The molecule has 24 nitrogen and oxygen atoms in total. The number of nitrogens with one attached hydrogen (secondary N) is 8. The zero-order chi connectivity index (χ0) is 80.2. The first-order chi connectivity index (χ1) is 53.9. The number of hydrogen-bond donors (Lipinski definition) is 12. The van der Waals surface area contributed by atoms with Gasteiger partial charge in [-0.3, -0.25) is 38.4 Å². The van der Waals surface area contributed by atoms with Crippen LogP contribution in [0.2, 0.25) is 0 Å². The molecule has 0 saturated heterocycles. The van der Waals surface area contributed by atoms with Gasteiger partial charge in [0.1, 0.15) is 17.5 Å². The van der Waals surface area contributed by atoms with E-state index in [2.05, 4.69) is 42.5 Å². The summed E-state index contributed by atoms with van der Waals surface area (Å²) in [6.45, 7) is 0. The topological polar surface area (TPSA) is 382 Å². The normalized spacial score (nSPS) is 10.2. The molecule has 0 bridgehead atoms. The van der Waals surface area contributed by atoms with Crippen LogP contribution < -0.4 is 42.5 Å². The van der Waals surface area contributed by atoms with Gasteiger partial charge in [0.25, 0.3) is 41.4 Å². The van der Waals surface area contributed by atoms with Crippen molar-refractivity contribution in [2.75, 3.05) is 42.5 Å². The van der Waals surface area contributed by atoms with Crippen LogP contribution in [0.4, 0.5) is 58.7 Å². The second kappa shape index (κ2) is 38.9. The molecule has 12 aromatic carbocycles. The van der Waals surface area contributed by atoms with Crippen molar-refractivity contribution in [1.29, 1.82) is 0 Å². The summed E-state index contributed by atoms with van der Waals surface area (Å²) in [4.78, 5) is 145. The Morgan fingerprint density at radius 2 is 0.482 bits per heavy atom. The summed E-state index contributed by atoms with van der Waals surface area (Å²) >= 11 is 0. The molecule has 12 aromatic rings. The van der Waals surface area contributed by atoms with E-state index in [1.54, 1.807) is 115 Å². The molecule has 0 saturated carbocycles. The van der Waals surface area contributed by atoms with Gasteiger partial charge in [0.15, 0.2) is 0 Å². The van der Waals surface area contributed by atoms with Gasteiger partial charge in [-0.25, -0.2) is 32.3 Å². The lowest BCUT2D eigenvalue weighted by Crippen LogP contribution is -2.20. The first kappa shape index (κ1) is 80.2. The highest BCUT2D eigenvalue weighted by atomic mass is 19.1. The Hall–Kier alpha value is -15.9. The Bertz CT molecular complexity index is 5550. The summed E-state index contributed by atoms with van der Waals surface area (Å²) < 4.78 is 40.2. The fourth-order valence-corrected chi connectivity index (χ4v) is 10.5. The van der Waals surface area contributed by atoms with Crippen molar-refractivity contribution in [3.63, 3.8) is 0 Å². The van der Waals surface area contributed by atoms with Gasteiger partial charge < -0.3 is 63.0 Å². The first-order valence-corrected chi connectivity index (χ1v) is 33.4. The van der Waals surface area contributed by atoms with Crippen LogP contribution in [-0.4, -0.2) is 91.6 Å². The van der Waals surface area contributed by atoms with Crippen LogP contribution in [0, 0.1) is 17.5 Å². The molecule has 0 aliphatic heterocycles. The molecule has 8 amide bonds. The van der Waals surface area contributed by atoms with E-state index in [1.807, 2.05) is 30.3 Å². The molecule has 112 heavy (non-hydrogen) atoms. The van der Waals surface area contributed by atoms with Crippen molar-refractivity contribution >= 4 is 117 Å². The monoisotopic (exact) mass is 1510 g/mol. The maximum atomic E-state index is 13.8. The summed E-state index contributed by atoms with van der Waals surface area (Å²) in [5.41, 5.74) is 3.02. The van der Waals surface area contributed by atoms with E-state index in [0.717, 1.165) is 29.8 Å². The van der Waals surface area contributed by atoms with Gasteiger partial charge in [-0.1, -0.05) is 146 Å². The smallest absolute Gasteiger partial charge is 0.337 e. The molecule has 0 aliphatic rings. The van der Waals surface area contributed by atoms with E-state index in [9.17, 15) is 91.1 Å². The number of carbonyl (C=O) groups excluding carboxylic acids is 8. The number of hydrogen-bond acceptors (Lipinski definition) is 12. The minimum Gasteiger partial charge on any atom is -0.478 e. The molecule has 12 rings (SSSR count). The van der Waals surface area contributed by atoms with Crippen LogP contribution in [-0.2, 0) is 11.2 Å². The number of para-hydroxylation sites is 8. The van der Waals surface area contributed by atoms with Gasteiger partial charge in [-0.15, -0.1) is 0 Å². The number of benzene rings is 12. The van der Waals surface area contributed by atoms with Crippen LogP contribution in [0.3, 0.4) is 0 Å². The number of carbonyl (C=O) groups is 12. The fraction of sp³-hybridized carbons (Fsp3) is 0.0118. The maximum Gasteiger partial charge on any atom is 0.337 e. The predicted molar refractivity (Wildman–Crippen MR) is 413 cm³/mol. The van der Waals surface area contributed by atoms with Gasteiger partial charge in [-0.2, -0.15) is 0 Å². The van der Waals surface area contributed by atoms with Crippen LogP contribution in [0.25, 0.3) is 0 Å². The van der Waals surface area contributed by atoms with Crippen LogP contribution >= 0.6 is 0 Å². The number of amides is 8. The standard InChI is InChI=1S/C22H18N2O4.3C21H15FN2O4/c25-20(14-15-8-2-1-3-9-15)23-18-12-6-4-10-16(18)21(26)24-19-13-7-5-11-17(19)22(27)28;22-16-10-4-1-7-13(16)19(25)23-17-11-5-2-8-14(17)20(26)24-18-12-6-3-9-15(18)21(27)28;22-14-7-5-6-13(12-14)19(25)23-17-10-3-1-8-15(17)20(26)24-18-11-4-2-9-16(18)21(27)28;22-14-11-9-13(10-12-14)19(25)23-17-7-3-1-5-15(17)20(26)24-18-8-4-2-6-16(18)21(27)28/h1-13H,14H2,(H,23,25)(H,24,26)(H,27,28);3*1-12H,(H,23,25)(H,24,26)(H,27,28). The molecule has 560 valence electrons. The molecule has 12 N–H and O–H groups in total. The lowest BCUT2D eigenvalue weighted by Gasteiger charge is -2.13. The van der Waals surface area contributed by atoms with Gasteiger partial charge in [0.05, 0.1) is 102 Å². The summed E-state index contributed by atoms with van der Waals surface area (Å²) in [6, 6.07) is 74.3. The number of carboxylic acids is 4. The summed E-state index contributed by atoms with van der Waals surface area (Å²) in [7, 11) is 0. The molecule has 0 aliphatic carbocycles. The molecule has 0 unspecified atom stereocenters. The Morgan fingerprint density at radius 1 is 0.223 bits per heavy atom. The molecular formula is C85H63F3N8O16. The maximum absolute atomic E-state index is 13.8.